The Morgan fingerprint density at radius 3 is 2.00 bits per heavy atom. The summed E-state index contributed by atoms with van der Waals surface area (Å²) in [5.74, 6) is -2.78. The first kappa shape index (κ1) is 37.6. The molecule has 2 atom stereocenters. The van der Waals surface area contributed by atoms with Crippen LogP contribution in [0.15, 0.2) is 35.5 Å². The number of nitrogens with two attached hydrogens (primary N) is 2. The first-order valence-electron chi connectivity index (χ1n) is 14.6. The highest BCUT2D eigenvalue weighted by Gasteiger charge is 2.26. The van der Waals surface area contributed by atoms with Crippen LogP contribution in [-0.2, 0) is 35.3 Å². The highest BCUT2D eigenvalue weighted by Crippen LogP contribution is 2.13. The molecule has 244 valence electrons. The van der Waals surface area contributed by atoms with Gasteiger partial charge in [0.15, 0.2) is 0 Å². The number of esters is 1. The molecule has 0 aliphatic carbocycles. The molecule has 0 heterocycles. The largest absolute Gasteiger partial charge is 0.461 e. The number of hydrogen-bond donors (Lipinski definition) is 7. The van der Waals surface area contributed by atoms with Gasteiger partial charge in [0.25, 0.3) is 5.91 Å². The number of nitrogens with one attached hydrogen (secondary N) is 5. The van der Waals surface area contributed by atoms with Crippen LogP contribution in [0, 0.1) is 5.92 Å². The van der Waals surface area contributed by atoms with Gasteiger partial charge in [-0.2, -0.15) is 0 Å². The van der Waals surface area contributed by atoms with Crippen LogP contribution < -0.4 is 38.1 Å². The van der Waals surface area contributed by atoms with E-state index in [1.54, 1.807) is 52.0 Å². The molecule has 0 saturated carbocycles. The van der Waals surface area contributed by atoms with Crippen molar-refractivity contribution in [2.45, 2.75) is 85.4 Å². The maximum atomic E-state index is 13.4. The number of rotatable bonds is 18. The Hall–Kier alpha value is -4.46. The Bertz CT molecular complexity index is 1180. The minimum atomic E-state index is -1.05. The predicted molar refractivity (Wildman–Crippen MR) is 165 cm³/mol. The summed E-state index contributed by atoms with van der Waals surface area (Å²) in [6.45, 7) is 8.72. The van der Waals surface area contributed by atoms with Crippen molar-refractivity contribution in [1.82, 2.24) is 21.3 Å². The molecule has 6 amide bonds. The van der Waals surface area contributed by atoms with E-state index >= 15 is 0 Å². The molecule has 0 aliphatic heterocycles. The van der Waals surface area contributed by atoms with E-state index in [9.17, 15) is 28.8 Å². The van der Waals surface area contributed by atoms with Crippen LogP contribution >= 0.6 is 0 Å². The zero-order valence-electron chi connectivity index (χ0n) is 26.2. The fourth-order valence-electron chi connectivity index (χ4n) is 3.88. The SMILES string of the molecule is CC(=O)N[C@@H](CCCCN)C(=O)NC(C(=O)N[C@@H](CCCNC(N)=O)C(=O)Nc1ccc(COC(=O)C(C)C)cc1)=C(C)C. The van der Waals surface area contributed by atoms with Crippen LogP contribution in [0.3, 0.4) is 0 Å². The summed E-state index contributed by atoms with van der Waals surface area (Å²) in [7, 11) is 0. The van der Waals surface area contributed by atoms with Gasteiger partial charge in [0.1, 0.15) is 24.4 Å². The van der Waals surface area contributed by atoms with Crippen LogP contribution in [0.1, 0.15) is 72.3 Å². The first-order valence-corrected chi connectivity index (χ1v) is 14.6. The Morgan fingerprint density at radius 1 is 0.841 bits per heavy atom. The Labute approximate surface area is 258 Å². The number of carbonyl (C=O) groups excluding carboxylic acids is 6. The van der Waals surface area contributed by atoms with E-state index in [4.69, 9.17) is 16.2 Å². The smallest absolute Gasteiger partial charge is 0.312 e. The molecule has 0 fully saturated rings. The molecule has 0 saturated heterocycles. The minimum absolute atomic E-state index is 0.0578. The van der Waals surface area contributed by atoms with Crippen molar-refractivity contribution in [1.29, 1.82) is 0 Å². The fourth-order valence-corrected chi connectivity index (χ4v) is 3.88. The fraction of sp³-hybridized carbons (Fsp3) is 0.533. The summed E-state index contributed by atoms with van der Waals surface area (Å²) < 4.78 is 5.22. The van der Waals surface area contributed by atoms with Crippen LogP contribution in [0.2, 0.25) is 0 Å². The zero-order chi connectivity index (χ0) is 33.2. The van der Waals surface area contributed by atoms with Gasteiger partial charge in [-0.05, 0) is 75.8 Å². The second-order valence-corrected chi connectivity index (χ2v) is 10.8. The van der Waals surface area contributed by atoms with E-state index < -0.39 is 41.7 Å². The molecular formula is C30H47N7O7. The molecule has 14 heteroatoms. The normalized spacial score (nSPS) is 11.9. The van der Waals surface area contributed by atoms with E-state index in [1.807, 2.05) is 0 Å². The molecule has 0 aliphatic rings. The Balaban J connectivity index is 3.04. The molecule has 1 aromatic carbocycles. The molecule has 0 bridgehead atoms. The second-order valence-electron chi connectivity index (χ2n) is 10.8. The molecule has 1 rings (SSSR count). The predicted octanol–water partition coefficient (Wildman–Crippen LogP) is 1.30. The number of anilines is 1. The van der Waals surface area contributed by atoms with E-state index in [-0.39, 0.29) is 37.2 Å². The number of carbonyl (C=O) groups is 6. The molecule has 14 nitrogen and oxygen atoms in total. The summed E-state index contributed by atoms with van der Waals surface area (Å²) in [4.78, 5) is 74.1. The summed E-state index contributed by atoms with van der Waals surface area (Å²) in [6.07, 6.45) is 2.03. The van der Waals surface area contributed by atoms with Gasteiger partial charge in [0.2, 0.25) is 17.7 Å². The lowest BCUT2D eigenvalue weighted by Gasteiger charge is -2.22. The average molecular weight is 618 g/mol. The van der Waals surface area contributed by atoms with Crippen molar-refractivity contribution in [3.05, 3.63) is 41.1 Å². The average Bonchev–Trinajstić information content (AvgIpc) is 2.95. The standard InChI is InChI=1S/C30H47N7O7/c1-18(2)25(37-27(40)23(34-20(5)38)9-6-7-15-31)28(41)36-24(10-8-16-33-30(32)43)26(39)35-22-13-11-21(12-14-22)17-44-29(42)19(3)4/h11-14,19,23-24H,6-10,15-17,31H2,1-5H3,(H,34,38)(H,35,39)(H,36,41)(H,37,40)(H3,32,33,43)/t23-,24-/m0/s1. The van der Waals surface area contributed by atoms with Gasteiger partial charge in [-0.1, -0.05) is 26.0 Å². The first-order chi connectivity index (χ1) is 20.7. The monoisotopic (exact) mass is 617 g/mol. The van der Waals surface area contributed by atoms with Crippen molar-refractivity contribution in [2.24, 2.45) is 17.4 Å². The number of benzene rings is 1. The van der Waals surface area contributed by atoms with Gasteiger partial charge in [-0.25, -0.2) is 4.79 Å². The van der Waals surface area contributed by atoms with E-state index in [1.165, 1.54) is 6.92 Å². The van der Waals surface area contributed by atoms with E-state index in [0.717, 1.165) is 5.56 Å². The number of urea groups is 1. The molecular weight excluding hydrogens is 570 g/mol. The second kappa shape index (κ2) is 19.7. The summed E-state index contributed by atoms with van der Waals surface area (Å²) in [6, 6.07) is 4.02. The number of hydrogen-bond acceptors (Lipinski definition) is 8. The van der Waals surface area contributed by atoms with Crippen molar-refractivity contribution in [2.75, 3.05) is 18.4 Å². The van der Waals surface area contributed by atoms with Crippen molar-refractivity contribution in [3.63, 3.8) is 0 Å². The van der Waals surface area contributed by atoms with Crippen molar-refractivity contribution >= 4 is 41.3 Å². The summed E-state index contributed by atoms with van der Waals surface area (Å²) in [5.41, 5.74) is 12.2. The maximum absolute atomic E-state index is 13.4. The zero-order valence-corrected chi connectivity index (χ0v) is 26.2. The molecule has 0 unspecified atom stereocenters. The number of unbranched alkanes of at least 4 members (excludes halogenated alkanes) is 1. The summed E-state index contributed by atoms with van der Waals surface area (Å²) in [5, 5.41) is 13.1. The van der Waals surface area contributed by atoms with Crippen LogP contribution in [-0.4, -0.2) is 60.8 Å². The van der Waals surface area contributed by atoms with Crippen LogP contribution in [0.25, 0.3) is 0 Å². The number of amides is 6. The van der Waals surface area contributed by atoms with Gasteiger partial charge in [0, 0.05) is 19.2 Å². The number of allylic oxidation sites excluding steroid dienone is 1. The summed E-state index contributed by atoms with van der Waals surface area (Å²) >= 11 is 0. The third kappa shape index (κ3) is 14.6. The van der Waals surface area contributed by atoms with E-state index in [2.05, 4.69) is 26.6 Å². The molecule has 0 radical (unpaired) electrons. The molecule has 0 spiro atoms. The molecule has 1 aromatic rings. The maximum Gasteiger partial charge on any atom is 0.312 e. The number of primary amides is 1. The van der Waals surface area contributed by atoms with Crippen molar-refractivity contribution < 1.29 is 33.5 Å². The molecule has 0 aromatic heterocycles. The highest BCUT2D eigenvalue weighted by molar-refractivity contribution is 6.03. The third-order valence-electron chi connectivity index (χ3n) is 6.28. The quantitative estimate of drug-likeness (QED) is 0.0720. The van der Waals surface area contributed by atoms with Gasteiger partial charge in [-0.3, -0.25) is 24.0 Å². The Kier molecular flexibility index (Phi) is 16.8. The molecule has 9 N–H and O–H groups in total. The Morgan fingerprint density at radius 2 is 1.45 bits per heavy atom. The topological polar surface area (TPSA) is 224 Å². The third-order valence-corrected chi connectivity index (χ3v) is 6.28. The lowest BCUT2D eigenvalue weighted by molar-refractivity contribution is -0.148. The molecule has 44 heavy (non-hydrogen) atoms. The lowest BCUT2D eigenvalue weighted by atomic mass is 10.1. The van der Waals surface area contributed by atoms with Crippen LogP contribution in [0.5, 0.6) is 0 Å². The minimum Gasteiger partial charge on any atom is -0.461 e. The van der Waals surface area contributed by atoms with Gasteiger partial charge >= 0.3 is 12.0 Å². The van der Waals surface area contributed by atoms with Gasteiger partial charge in [-0.15, -0.1) is 0 Å². The number of ether oxygens (including phenoxy) is 1. The van der Waals surface area contributed by atoms with Gasteiger partial charge in [0.05, 0.1) is 5.92 Å². The van der Waals surface area contributed by atoms with E-state index in [0.29, 0.717) is 43.5 Å². The van der Waals surface area contributed by atoms with Gasteiger partial charge < -0.3 is 42.8 Å². The lowest BCUT2D eigenvalue weighted by Crippen LogP contribution is -2.50. The van der Waals surface area contributed by atoms with Crippen LogP contribution in [0.4, 0.5) is 10.5 Å². The highest BCUT2D eigenvalue weighted by atomic mass is 16.5. The van der Waals surface area contributed by atoms with Crippen molar-refractivity contribution in [3.8, 4) is 0 Å².